The molecule has 0 radical (unpaired) electrons. The van der Waals surface area contributed by atoms with E-state index < -0.39 is 9.84 Å². The Labute approximate surface area is 97.7 Å². The molecule has 2 N–H and O–H groups in total. The highest BCUT2D eigenvalue weighted by atomic mass is 79.9. The van der Waals surface area contributed by atoms with E-state index in [2.05, 4.69) is 15.9 Å². The predicted molar refractivity (Wildman–Crippen MR) is 62.6 cm³/mol. The molecule has 0 spiro atoms. The van der Waals surface area contributed by atoms with Crippen LogP contribution in [0.5, 0.6) is 0 Å². The first-order valence-corrected chi connectivity index (χ1v) is 7.21. The minimum Gasteiger partial charge on any atom is -0.330 e. The Hall–Kier alpha value is -0.390. The minimum atomic E-state index is -3.07. The van der Waals surface area contributed by atoms with Gasteiger partial charge in [0.25, 0.3) is 0 Å². The summed E-state index contributed by atoms with van der Waals surface area (Å²) in [6.07, 6.45) is 0.725. The van der Waals surface area contributed by atoms with Crippen molar-refractivity contribution in [2.24, 2.45) is 5.73 Å². The number of hydrogen-bond donors (Lipinski definition) is 1. The van der Waals surface area contributed by atoms with Crippen LogP contribution in [0.25, 0.3) is 0 Å². The Balaban J connectivity index is 2.53. The van der Waals surface area contributed by atoms with E-state index in [9.17, 15) is 8.42 Å². The average molecular weight is 290 g/mol. The highest BCUT2D eigenvalue weighted by Crippen LogP contribution is 2.37. The number of hydrogen-bond acceptors (Lipinski definition) is 3. The molecule has 0 saturated carbocycles. The topological polar surface area (TPSA) is 60.2 Å². The van der Waals surface area contributed by atoms with Crippen LogP contribution in [0.1, 0.15) is 17.9 Å². The van der Waals surface area contributed by atoms with Crippen LogP contribution in [0.15, 0.2) is 27.6 Å². The largest absolute Gasteiger partial charge is 0.330 e. The molecule has 0 aromatic heterocycles. The molecular weight excluding hydrogens is 278 g/mol. The zero-order valence-corrected chi connectivity index (χ0v) is 10.5. The fraction of sp³-hybridized carbons (Fsp3) is 0.400. The Bertz CT molecular complexity index is 484. The molecule has 1 heterocycles. The minimum absolute atomic E-state index is 0.0625. The van der Waals surface area contributed by atoms with Gasteiger partial charge in [-0.3, -0.25) is 0 Å². The van der Waals surface area contributed by atoms with E-state index in [4.69, 9.17) is 5.73 Å². The lowest BCUT2D eigenvalue weighted by molar-refractivity contribution is 0.595. The van der Waals surface area contributed by atoms with Gasteiger partial charge in [0.15, 0.2) is 9.84 Å². The number of sulfone groups is 1. The average Bonchev–Trinajstić information content (AvgIpc) is 2.39. The van der Waals surface area contributed by atoms with E-state index in [-0.39, 0.29) is 11.7 Å². The summed E-state index contributed by atoms with van der Waals surface area (Å²) >= 11 is 3.35. The molecule has 0 fully saturated rings. The third kappa shape index (κ3) is 1.96. The van der Waals surface area contributed by atoms with Gasteiger partial charge in [0.05, 0.1) is 10.6 Å². The fourth-order valence-corrected chi connectivity index (χ4v) is 4.30. The molecular formula is C10H12BrNO2S. The number of fused-ring (bicyclic) bond motifs is 1. The first-order chi connectivity index (χ1) is 7.04. The van der Waals surface area contributed by atoms with Crippen LogP contribution >= 0.6 is 15.9 Å². The second-order valence-electron chi connectivity index (χ2n) is 3.74. The summed E-state index contributed by atoms with van der Waals surface area (Å²) in [5.41, 5.74) is 6.40. The Morgan fingerprint density at radius 3 is 2.87 bits per heavy atom. The summed E-state index contributed by atoms with van der Waals surface area (Å²) in [6.45, 7) is 0.520. The standard InChI is InChI=1S/C10H12BrNO2S/c11-8-1-2-10-9(5-8)7(3-4-12)6-15(10,13)14/h1-2,5,7H,3-4,6,12H2. The van der Waals surface area contributed by atoms with Crippen molar-refractivity contribution in [3.8, 4) is 0 Å². The second kappa shape index (κ2) is 3.88. The van der Waals surface area contributed by atoms with Gasteiger partial charge in [0.1, 0.15) is 0 Å². The van der Waals surface area contributed by atoms with Crippen molar-refractivity contribution in [2.45, 2.75) is 17.2 Å². The third-order valence-corrected chi connectivity index (χ3v) is 5.06. The van der Waals surface area contributed by atoms with E-state index in [1.54, 1.807) is 12.1 Å². The summed E-state index contributed by atoms with van der Waals surface area (Å²) in [4.78, 5) is 0.476. The summed E-state index contributed by atoms with van der Waals surface area (Å²) in [5, 5.41) is 0. The van der Waals surface area contributed by atoms with Crippen molar-refractivity contribution in [1.29, 1.82) is 0 Å². The molecule has 1 unspecified atom stereocenters. The SMILES string of the molecule is NCCC1CS(=O)(=O)c2ccc(Br)cc21. The van der Waals surface area contributed by atoms with E-state index in [0.717, 1.165) is 16.5 Å². The van der Waals surface area contributed by atoms with Crippen molar-refractivity contribution in [3.63, 3.8) is 0 Å². The smallest absolute Gasteiger partial charge is 0.179 e. The molecule has 1 aliphatic rings. The zero-order chi connectivity index (χ0) is 11.1. The normalized spacial score (nSPS) is 22.7. The maximum Gasteiger partial charge on any atom is 0.179 e. The first kappa shape index (κ1) is 11.1. The maximum atomic E-state index is 11.8. The lowest BCUT2D eigenvalue weighted by atomic mass is 9.98. The number of nitrogens with two attached hydrogens (primary N) is 1. The van der Waals surface area contributed by atoms with Crippen molar-refractivity contribution >= 4 is 25.8 Å². The first-order valence-electron chi connectivity index (χ1n) is 4.77. The maximum absolute atomic E-state index is 11.8. The molecule has 1 aromatic rings. The van der Waals surface area contributed by atoms with Gasteiger partial charge in [-0.05, 0) is 36.7 Å². The van der Waals surface area contributed by atoms with Crippen LogP contribution in [-0.2, 0) is 9.84 Å². The van der Waals surface area contributed by atoms with Crippen LogP contribution in [0, 0.1) is 0 Å². The van der Waals surface area contributed by atoms with Gasteiger partial charge >= 0.3 is 0 Å². The molecule has 0 saturated heterocycles. The fourth-order valence-electron chi connectivity index (χ4n) is 2.01. The van der Waals surface area contributed by atoms with E-state index in [0.29, 0.717) is 11.4 Å². The van der Waals surface area contributed by atoms with Gasteiger partial charge in [-0.1, -0.05) is 15.9 Å². The van der Waals surface area contributed by atoms with Crippen LogP contribution < -0.4 is 5.73 Å². The van der Waals surface area contributed by atoms with Crippen LogP contribution in [0.3, 0.4) is 0 Å². The number of rotatable bonds is 2. The van der Waals surface area contributed by atoms with Gasteiger partial charge < -0.3 is 5.73 Å². The van der Waals surface area contributed by atoms with Crippen molar-refractivity contribution in [2.75, 3.05) is 12.3 Å². The third-order valence-electron chi connectivity index (χ3n) is 2.68. The molecule has 2 rings (SSSR count). The van der Waals surface area contributed by atoms with Crippen molar-refractivity contribution in [3.05, 3.63) is 28.2 Å². The van der Waals surface area contributed by atoms with Crippen molar-refractivity contribution < 1.29 is 8.42 Å². The zero-order valence-electron chi connectivity index (χ0n) is 8.11. The Kier molecular flexibility index (Phi) is 2.87. The van der Waals surface area contributed by atoms with Crippen LogP contribution in [0.2, 0.25) is 0 Å². The second-order valence-corrected chi connectivity index (χ2v) is 6.66. The molecule has 1 aliphatic heterocycles. The molecule has 3 nitrogen and oxygen atoms in total. The molecule has 0 aliphatic carbocycles. The lowest BCUT2D eigenvalue weighted by Crippen LogP contribution is -2.09. The van der Waals surface area contributed by atoms with E-state index in [1.807, 2.05) is 6.07 Å². The van der Waals surface area contributed by atoms with Crippen LogP contribution in [-0.4, -0.2) is 20.7 Å². The number of halogens is 1. The monoisotopic (exact) mass is 289 g/mol. The van der Waals surface area contributed by atoms with Gasteiger partial charge in [-0.15, -0.1) is 0 Å². The van der Waals surface area contributed by atoms with Gasteiger partial charge in [-0.2, -0.15) is 0 Å². The Morgan fingerprint density at radius 1 is 1.47 bits per heavy atom. The lowest BCUT2D eigenvalue weighted by Gasteiger charge is -2.07. The van der Waals surface area contributed by atoms with Crippen molar-refractivity contribution in [1.82, 2.24) is 0 Å². The Morgan fingerprint density at radius 2 is 2.20 bits per heavy atom. The van der Waals surface area contributed by atoms with E-state index in [1.165, 1.54) is 0 Å². The van der Waals surface area contributed by atoms with E-state index >= 15 is 0 Å². The number of benzene rings is 1. The molecule has 1 atom stereocenters. The van der Waals surface area contributed by atoms with Gasteiger partial charge in [0.2, 0.25) is 0 Å². The predicted octanol–water partition coefficient (Wildman–Crippen LogP) is 1.67. The summed E-state index contributed by atoms with van der Waals surface area (Å²) in [6, 6.07) is 5.33. The molecule has 82 valence electrons. The van der Waals surface area contributed by atoms with Gasteiger partial charge in [-0.25, -0.2) is 8.42 Å². The summed E-state index contributed by atoms with van der Waals surface area (Å²) < 4.78 is 24.5. The highest BCUT2D eigenvalue weighted by Gasteiger charge is 2.33. The highest BCUT2D eigenvalue weighted by molar-refractivity contribution is 9.10. The molecule has 15 heavy (non-hydrogen) atoms. The quantitative estimate of drug-likeness (QED) is 0.901. The summed E-state index contributed by atoms with van der Waals surface area (Å²) in [7, 11) is -3.07. The molecule has 1 aromatic carbocycles. The molecule has 0 amide bonds. The van der Waals surface area contributed by atoms with Crippen LogP contribution in [0.4, 0.5) is 0 Å². The summed E-state index contributed by atoms with van der Waals surface area (Å²) in [5.74, 6) is 0.267. The molecule has 0 bridgehead atoms. The van der Waals surface area contributed by atoms with Gasteiger partial charge in [0, 0.05) is 10.4 Å². The molecule has 5 heteroatoms.